The highest BCUT2D eigenvalue weighted by molar-refractivity contribution is 7.90. The van der Waals surface area contributed by atoms with Gasteiger partial charge in [0.15, 0.2) is 9.84 Å². The van der Waals surface area contributed by atoms with E-state index in [1.165, 1.54) is 18.4 Å². The first-order valence-corrected chi connectivity index (χ1v) is 18.3. The monoisotopic (exact) mass is 728 g/mol. The van der Waals surface area contributed by atoms with Crippen LogP contribution < -0.4 is 0 Å². The van der Waals surface area contributed by atoms with Crippen LogP contribution in [0.3, 0.4) is 0 Å². The summed E-state index contributed by atoms with van der Waals surface area (Å²) in [5.41, 5.74) is 2.05. The second-order valence-electron chi connectivity index (χ2n) is 9.52. The van der Waals surface area contributed by atoms with Crippen LogP contribution in [0.5, 0.6) is 0 Å². The Kier molecular flexibility index (Phi) is 31.0. The van der Waals surface area contributed by atoms with E-state index in [4.69, 9.17) is 47.9 Å². The molecule has 0 radical (unpaired) electrons. The molecule has 0 fully saturated rings. The first-order chi connectivity index (χ1) is 22.5. The van der Waals surface area contributed by atoms with Gasteiger partial charge in [0, 0.05) is 6.26 Å². The van der Waals surface area contributed by atoms with Crippen molar-refractivity contribution < 1.29 is 64.8 Å². The summed E-state index contributed by atoms with van der Waals surface area (Å²) in [6.45, 7) is 8.53. The molecule has 0 aromatic heterocycles. The molecule has 0 heterocycles. The predicted octanol–water partition coefficient (Wildman–Crippen LogP) is 1.80. The minimum absolute atomic E-state index is 0. The van der Waals surface area contributed by atoms with Gasteiger partial charge in [-0.05, 0) is 38.1 Å². The molecule has 2 aromatic carbocycles. The average molecular weight is 729 g/mol. The molecule has 0 saturated heterocycles. The number of aliphatic hydroxyl groups is 3. The Bertz CT molecular complexity index is 1200. The van der Waals surface area contributed by atoms with Crippen LogP contribution in [0.1, 0.15) is 18.6 Å². The third kappa shape index (κ3) is 27.8. The summed E-state index contributed by atoms with van der Waals surface area (Å²) < 4.78 is 81.0. The van der Waals surface area contributed by atoms with E-state index in [2.05, 4.69) is 0 Å². The van der Waals surface area contributed by atoms with E-state index in [1.807, 2.05) is 13.8 Å². The van der Waals surface area contributed by atoms with Gasteiger partial charge in [0.1, 0.15) is 0 Å². The van der Waals surface area contributed by atoms with Crippen LogP contribution in [0.25, 0.3) is 0 Å². The molecule has 2 rings (SSSR count). The van der Waals surface area contributed by atoms with Gasteiger partial charge in [0.05, 0.1) is 116 Å². The molecule has 280 valence electrons. The first kappa shape index (κ1) is 48.1. The molecule has 0 spiro atoms. The molecule has 3 N–H and O–H groups in total. The Balaban J connectivity index is 0. The summed E-state index contributed by atoms with van der Waals surface area (Å²) in [6, 6.07) is 13.3. The van der Waals surface area contributed by atoms with Crippen LogP contribution in [0.15, 0.2) is 58.3 Å². The van der Waals surface area contributed by atoms with Gasteiger partial charge < -0.3 is 43.7 Å². The second kappa shape index (κ2) is 31.0. The van der Waals surface area contributed by atoms with E-state index in [0.29, 0.717) is 77.6 Å². The highest BCUT2D eigenvalue weighted by Crippen LogP contribution is 2.13. The van der Waals surface area contributed by atoms with Crippen molar-refractivity contribution in [2.75, 3.05) is 112 Å². The van der Waals surface area contributed by atoms with Crippen molar-refractivity contribution in [2.45, 2.75) is 31.1 Å². The van der Waals surface area contributed by atoms with Crippen molar-refractivity contribution >= 4 is 20.0 Å². The highest BCUT2D eigenvalue weighted by atomic mass is 32.2. The number of aliphatic hydroxyl groups excluding tert-OH is 3. The minimum atomic E-state index is -3.74. The summed E-state index contributed by atoms with van der Waals surface area (Å²) in [6.07, 6.45) is 1.21. The standard InChI is InChI=1S/C15H24O7S.C8H18O5.C8H10O2S.CH4/c1-14-2-4-15(5-3-14)23(17,18)22-13-12-21-11-10-20-9-8-19-7-6-16;9-1-3-11-5-7-13-8-6-12-4-2-10;1-7-3-5-8(6-4-7)11(2,9)10;/h2-5,16H,6-13H2,1H3;9-10H,1-8H2;3-6H,1-2H3;1H4. The zero-order chi connectivity index (χ0) is 35.2. The number of hydrogen-bond acceptors (Lipinski definition) is 14. The number of rotatable bonds is 24. The molecular weight excluding hydrogens is 672 g/mol. The van der Waals surface area contributed by atoms with Gasteiger partial charge in [-0.2, -0.15) is 8.42 Å². The van der Waals surface area contributed by atoms with Crippen LogP contribution in [0.4, 0.5) is 0 Å². The number of sulfone groups is 1. The molecule has 0 saturated carbocycles. The Labute approximate surface area is 286 Å². The molecule has 2 aromatic rings. The maximum Gasteiger partial charge on any atom is 0.297 e. The van der Waals surface area contributed by atoms with Crippen LogP contribution in [0.2, 0.25) is 0 Å². The smallest absolute Gasteiger partial charge is 0.297 e. The summed E-state index contributed by atoms with van der Waals surface area (Å²) in [5, 5.41) is 25.2. The lowest BCUT2D eigenvalue weighted by atomic mass is 10.2. The SMILES string of the molecule is C.Cc1ccc(S(=O)(=O)OCCOCCOCCOCCO)cc1.Cc1ccc(S(C)(=O)=O)cc1.OCCOCCOCCOCCO. The molecule has 0 amide bonds. The molecule has 0 aliphatic heterocycles. The van der Waals surface area contributed by atoms with Crippen LogP contribution in [-0.2, 0) is 52.6 Å². The Morgan fingerprint density at radius 1 is 0.458 bits per heavy atom. The first-order valence-electron chi connectivity index (χ1n) is 15.0. The van der Waals surface area contributed by atoms with Crippen molar-refractivity contribution in [3.8, 4) is 0 Å². The lowest BCUT2D eigenvalue weighted by Gasteiger charge is -2.08. The fraction of sp³-hybridized carbons (Fsp3) is 0.625. The zero-order valence-corrected chi connectivity index (χ0v) is 29.2. The molecule has 0 bridgehead atoms. The average Bonchev–Trinajstić information content (AvgIpc) is 3.03. The Morgan fingerprint density at radius 2 is 0.729 bits per heavy atom. The van der Waals surface area contributed by atoms with Gasteiger partial charge in [0.25, 0.3) is 10.1 Å². The van der Waals surface area contributed by atoms with Crippen LogP contribution >= 0.6 is 0 Å². The normalized spacial score (nSPS) is 11.1. The van der Waals surface area contributed by atoms with E-state index < -0.39 is 20.0 Å². The van der Waals surface area contributed by atoms with E-state index in [-0.39, 0.29) is 45.4 Å². The molecule has 16 heteroatoms. The van der Waals surface area contributed by atoms with E-state index in [0.717, 1.165) is 11.1 Å². The lowest BCUT2D eigenvalue weighted by Crippen LogP contribution is -2.14. The fourth-order valence-electron chi connectivity index (χ4n) is 3.04. The summed E-state index contributed by atoms with van der Waals surface area (Å²) in [4.78, 5) is 0.511. The predicted molar refractivity (Wildman–Crippen MR) is 182 cm³/mol. The minimum Gasteiger partial charge on any atom is -0.394 e. The third-order valence-electron chi connectivity index (χ3n) is 5.42. The van der Waals surface area contributed by atoms with E-state index in [9.17, 15) is 16.8 Å². The number of aryl methyl sites for hydroxylation is 2. The molecule has 0 aliphatic carbocycles. The largest absolute Gasteiger partial charge is 0.394 e. The molecule has 48 heavy (non-hydrogen) atoms. The van der Waals surface area contributed by atoms with Crippen molar-refractivity contribution in [1.82, 2.24) is 0 Å². The number of ether oxygens (including phenoxy) is 6. The number of hydrogen-bond donors (Lipinski definition) is 3. The van der Waals surface area contributed by atoms with Crippen LogP contribution in [0, 0.1) is 13.8 Å². The second-order valence-corrected chi connectivity index (χ2v) is 13.2. The topological polar surface area (TPSA) is 194 Å². The van der Waals surface area contributed by atoms with Crippen molar-refractivity contribution in [1.29, 1.82) is 0 Å². The van der Waals surface area contributed by atoms with Crippen molar-refractivity contribution in [3.63, 3.8) is 0 Å². The number of benzene rings is 2. The maximum absolute atomic E-state index is 11.9. The highest BCUT2D eigenvalue weighted by Gasteiger charge is 2.14. The third-order valence-corrected chi connectivity index (χ3v) is 7.87. The molecule has 14 nitrogen and oxygen atoms in total. The molecule has 0 unspecified atom stereocenters. The van der Waals surface area contributed by atoms with Gasteiger partial charge >= 0.3 is 0 Å². The fourth-order valence-corrected chi connectivity index (χ4v) is 4.56. The summed E-state index contributed by atoms with van der Waals surface area (Å²) in [7, 11) is -6.76. The lowest BCUT2D eigenvalue weighted by molar-refractivity contribution is 0.00230. The van der Waals surface area contributed by atoms with Gasteiger partial charge in [0.2, 0.25) is 0 Å². The summed E-state index contributed by atoms with van der Waals surface area (Å²) in [5.74, 6) is 0. The molecule has 0 atom stereocenters. The van der Waals surface area contributed by atoms with Crippen LogP contribution in [-0.4, -0.2) is 144 Å². The summed E-state index contributed by atoms with van der Waals surface area (Å²) >= 11 is 0. The Morgan fingerprint density at radius 3 is 1.02 bits per heavy atom. The molecular formula is C32H56O14S2. The van der Waals surface area contributed by atoms with Crippen molar-refractivity contribution in [3.05, 3.63) is 59.7 Å². The molecule has 0 aliphatic rings. The quantitative estimate of drug-likeness (QED) is 0.105. The Hall–Kier alpha value is -2.06. The van der Waals surface area contributed by atoms with Gasteiger partial charge in [-0.15, -0.1) is 0 Å². The zero-order valence-electron chi connectivity index (χ0n) is 27.6. The van der Waals surface area contributed by atoms with Gasteiger partial charge in [-0.25, -0.2) is 8.42 Å². The van der Waals surface area contributed by atoms with Gasteiger partial charge in [-0.1, -0.05) is 42.8 Å². The van der Waals surface area contributed by atoms with E-state index >= 15 is 0 Å². The maximum atomic E-state index is 11.9. The van der Waals surface area contributed by atoms with Gasteiger partial charge in [-0.3, -0.25) is 4.18 Å². The van der Waals surface area contributed by atoms with E-state index in [1.54, 1.807) is 36.4 Å². The van der Waals surface area contributed by atoms with Crippen molar-refractivity contribution in [2.24, 2.45) is 0 Å².